The second-order valence-electron chi connectivity index (χ2n) is 7.41. The SMILES string of the molecule is CN1CCCC2C1CCN2C(=O)c1cn[nH]c1-c1cnn(C)c1.O=C(O)C(F)(F)F. The van der Waals surface area contributed by atoms with Crippen LogP contribution < -0.4 is 0 Å². The van der Waals surface area contributed by atoms with Gasteiger partial charge >= 0.3 is 12.1 Å². The average Bonchev–Trinajstić information content (AvgIpc) is 3.40. The Kier molecular flexibility index (Phi) is 6.15. The molecule has 0 radical (unpaired) electrons. The highest BCUT2D eigenvalue weighted by Crippen LogP contribution is 2.32. The van der Waals surface area contributed by atoms with Gasteiger partial charge in [-0.25, -0.2) is 4.79 Å². The fourth-order valence-electron chi connectivity index (χ4n) is 4.04. The van der Waals surface area contributed by atoms with Gasteiger partial charge in [0.25, 0.3) is 5.91 Å². The fraction of sp³-hybridized carbons (Fsp3) is 0.556. The van der Waals surface area contributed by atoms with E-state index in [0.717, 1.165) is 43.6 Å². The Hall–Kier alpha value is -2.89. The average molecular weight is 428 g/mol. The molecule has 0 spiro atoms. The maximum Gasteiger partial charge on any atom is 0.490 e. The van der Waals surface area contributed by atoms with Gasteiger partial charge in [0.1, 0.15) is 0 Å². The number of carboxylic acids is 1. The zero-order chi connectivity index (χ0) is 22.1. The number of rotatable bonds is 2. The molecule has 2 aliphatic rings. The van der Waals surface area contributed by atoms with Crippen LogP contribution in [0.25, 0.3) is 11.3 Å². The standard InChI is InChI=1S/C16H22N6O.C2HF3O2/c1-20-6-3-4-14-13(20)5-7-22(14)16(23)12-9-17-19-15(12)11-8-18-21(2)10-11;3-2(4,5)1(6)7/h8-10,13-14H,3-7H2,1-2H3,(H,17,19);(H,6,7). The third-order valence-electron chi connectivity index (χ3n) is 5.45. The van der Waals surface area contributed by atoms with E-state index in [2.05, 4.69) is 27.2 Å². The fourth-order valence-corrected chi connectivity index (χ4v) is 4.04. The summed E-state index contributed by atoms with van der Waals surface area (Å²) in [5.74, 6) is -2.67. The number of likely N-dealkylation sites (N-methyl/N-ethyl adjacent to an activating group) is 1. The molecular weight excluding hydrogens is 405 g/mol. The van der Waals surface area contributed by atoms with Crippen molar-refractivity contribution in [3.8, 4) is 11.3 Å². The lowest BCUT2D eigenvalue weighted by Gasteiger charge is -2.37. The molecule has 30 heavy (non-hydrogen) atoms. The van der Waals surface area contributed by atoms with E-state index in [0.29, 0.717) is 17.6 Å². The van der Waals surface area contributed by atoms with Crippen LogP contribution in [0.1, 0.15) is 29.6 Å². The molecule has 2 aromatic heterocycles. The Labute approximate surface area is 170 Å². The largest absolute Gasteiger partial charge is 0.490 e. The van der Waals surface area contributed by atoms with Gasteiger partial charge in [0, 0.05) is 37.4 Å². The first-order valence-corrected chi connectivity index (χ1v) is 9.43. The van der Waals surface area contributed by atoms with Crippen LogP contribution in [0.3, 0.4) is 0 Å². The summed E-state index contributed by atoms with van der Waals surface area (Å²) >= 11 is 0. The zero-order valence-corrected chi connectivity index (χ0v) is 16.6. The van der Waals surface area contributed by atoms with Crippen LogP contribution in [0.2, 0.25) is 0 Å². The van der Waals surface area contributed by atoms with E-state index in [1.165, 1.54) is 0 Å². The van der Waals surface area contributed by atoms with Crippen LogP contribution >= 0.6 is 0 Å². The van der Waals surface area contributed by atoms with Gasteiger partial charge in [-0.1, -0.05) is 0 Å². The summed E-state index contributed by atoms with van der Waals surface area (Å²) in [5.41, 5.74) is 2.30. The van der Waals surface area contributed by atoms with Gasteiger partial charge < -0.3 is 14.9 Å². The third kappa shape index (κ3) is 4.48. The van der Waals surface area contributed by atoms with Gasteiger partial charge in [0.2, 0.25) is 0 Å². The highest BCUT2D eigenvalue weighted by Gasteiger charge is 2.41. The lowest BCUT2D eigenvalue weighted by atomic mass is 9.97. The molecule has 2 fully saturated rings. The number of hydrogen-bond donors (Lipinski definition) is 2. The predicted octanol–water partition coefficient (Wildman–Crippen LogP) is 1.75. The minimum absolute atomic E-state index is 0.0837. The van der Waals surface area contributed by atoms with Crippen LogP contribution in [0.5, 0.6) is 0 Å². The number of carbonyl (C=O) groups is 2. The Morgan fingerprint density at radius 3 is 2.47 bits per heavy atom. The van der Waals surface area contributed by atoms with E-state index in [4.69, 9.17) is 9.90 Å². The number of aromatic amines is 1. The number of likely N-dealkylation sites (tertiary alicyclic amines) is 2. The normalized spacial score (nSPS) is 21.7. The highest BCUT2D eigenvalue weighted by molar-refractivity contribution is 6.00. The van der Waals surface area contributed by atoms with Crippen LogP contribution in [-0.4, -0.2) is 85.2 Å². The zero-order valence-electron chi connectivity index (χ0n) is 16.6. The van der Waals surface area contributed by atoms with E-state index >= 15 is 0 Å². The quantitative estimate of drug-likeness (QED) is 0.755. The van der Waals surface area contributed by atoms with E-state index in [-0.39, 0.29) is 5.91 Å². The van der Waals surface area contributed by atoms with E-state index in [1.54, 1.807) is 17.1 Å². The minimum Gasteiger partial charge on any atom is -0.475 e. The van der Waals surface area contributed by atoms with Crippen LogP contribution in [0.15, 0.2) is 18.6 Å². The number of nitrogens with zero attached hydrogens (tertiary/aromatic N) is 5. The summed E-state index contributed by atoms with van der Waals surface area (Å²) in [6, 6.07) is 0.833. The molecule has 4 heterocycles. The smallest absolute Gasteiger partial charge is 0.475 e. The number of aliphatic carboxylic acids is 1. The van der Waals surface area contributed by atoms with Gasteiger partial charge in [0.15, 0.2) is 0 Å². The maximum atomic E-state index is 13.1. The number of carboxylic acid groups (broad SMARTS) is 1. The molecule has 2 unspecified atom stereocenters. The Morgan fingerprint density at radius 1 is 1.17 bits per heavy atom. The summed E-state index contributed by atoms with van der Waals surface area (Å²) in [6.45, 7) is 1.96. The maximum absolute atomic E-state index is 13.1. The predicted molar refractivity (Wildman–Crippen MR) is 99.6 cm³/mol. The van der Waals surface area contributed by atoms with Gasteiger partial charge in [0.05, 0.1) is 23.7 Å². The van der Waals surface area contributed by atoms with E-state index in [1.807, 2.05) is 18.1 Å². The lowest BCUT2D eigenvalue weighted by Crippen LogP contribution is -2.49. The van der Waals surface area contributed by atoms with Gasteiger partial charge in [-0.2, -0.15) is 23.4 Å². The molecule has 2 N–H and O–H groups in total. The summed E-state index contributed by atoms with van der Waals surface area (Å²) < 4.78 is 33.5. The van der Waals surface area contributed by atoms with Crippen molar-refractivity contribution >= 4 is 11.9 Å². The molecule has 2 aromatic rings. The Morgan fingerprint density at radius 2 is 1.87 bits per heavy atom. The van der Waals surface area contributed by atoms with Gasteiger partial charge in [-0.3, -0.25) is 14.6 Å². The number of aromatic nitrogens is 4. The number of alkyl halides is 3. The second kappa shape index (κ2) is 8.46. The number of hydrogen-bond acceptors (Lipinski definition) is 5. The molecule has 0 aromatic carbocycles. The molecule has 164 valence electrons. The second-order valence-corrected chi connectivity index (χ2v) is 7.41. The number of piperidine rings is 1. The molecule has 2 aliphatic heterocycles. The Bertz CT molecular complexity index is 909. The molecule has 2 atom stereocenters. The summed E-state index contributed by atoms with van der Waals surface area (Å²) in [4.78, 5) is 26.4. The molecular formula is C18H23F3N6O3. The molecule has 1 amide bonds. The van der Waals surface area contributed by atoms with Crippen molar-refractivity contribution in [2.75, 3.05) is 20.1 Å². The van der Waals surface area contributed by atoms with Crippen LogP contribution in [0, 0.1) is 0 Å². The Balaban J connectivity index is 0.000000318. The monoisotopic (exact) mass is 428 g/mol. The van der Waals surface area contributed by atoms with Crippen molar-refractivity contribution in [2.24, 2.45) is 7.05 Å². The lowest BCUT2D eigenvalue weighted by molar-refractivity contribution is -0.192. The molecule has 2 saturated heterocycles. The molecule has 4 rings (SSSR count). The van der Waals surface area contributed by atoms with Crippen molar-refractivity contribution < 1.29 is 27.9 Å². The number of H-pyrrole nitrogens is 1. The number of amides is 1. The number of aryl methyl sites for hydroxylation is 1. The molecule has 9 nitrogen and oxygen atoms in total. The molecule has 0 saturated carbocycles. The topological polar surface area (TPSA) is 107 Å². The van der Waals surface area contributed by atoms with Gasteiger partial charge in [-0.05, 0) is 32.9 Å². The van der Waals surface area contributed by atoms with Crippen molar-refractivity contribution in [3.63, 3.8) is 0 Å². The van der Waals surface area contributed by atoms with Crippen molar-refractivity contribution in [1.29, 1.82) is 0 Å². The number of halogens is 3. The number of carbonyl (C=O) groups excluding carboxylic acids is 1. The molecule has 12 heteroatoms. The number of fused-ring (bicyclic) bond motifs is 1. The highest BCUT2D eigenvalue weighted by atomic mass is 19.4. The first kappa shape index (κ1) is 21.8. The van der Waals surface area contributed by atoms with Crippen molar-refractivity contribution in [3.05, 3.63) is 24.2 Å². The van der Waals surface area contributed by atoms with Crippen molar-refractivity contribution in [1.82, 2.24) is 29.8 Å². The first-order valence-electron chi connectivity index (χ1n) is 9.43. The van der Waals surface area contributed by atoms with Crippen LogP contribution in [0.4, 0.5) is 13.2 Å². The number of nitrogens with one attached hydrogen (secondary N) is 1. The summed E-state index contributed by atoms with van der Waals surface area (Å²) in [6.07, 6.45) is 3.53. The first-order chi connectivity index (χ1) is 14.1. The van der Waals surface area contributed by atoms with Gasteiger partial charge in [-0.15, -0.1) is 0 Å². The third-order valence-corrected chi connectivity index (χ3v) is 5.45. The van der Waals surface area contributed by atoms with Crippen molar-refractivity contribution in [2.45, 2.75) is 37.5 Å². The summed E-state index contributed by atoms with van der Waals surface area (Å²) in [7, 11) is 4.04. The van der Waals surface area contributed by atoms with E-state index in [9.17, 15) is 18.0 Å². The van der Waals surface area contributed by atoms with Crippen LogP contribution in [-0.2, 0) is 11.8 Å². The molecule has 0 aliphatic carbocycles. The minimum atomic E-state index is -5.08. The van der Waals surface area contributed by atoms with E-state index < -0.39 is 12.1 Å². The summed E-state index contributed by atoms with van der Waals surface area (Å²) in [5, 5.41) is 18.4. The molecule has 0 bridgehead atoms.